The first kappa shape index (κ1) is 14.8. The first-order valence-electron chi connectivity index (χ1n) is 7.25. The summed E-state index contributed by atoms with van der Waals surface area (Å²) in [4.78, 5) is 0. The van der Waals surface area contributed by atoms with E-state index in [9.17, 15) is 8.42 Å². The van der Waals surface area contributed by atoms with E-state index >= 15 is 0 Å². The summed E-state index contributed by atoms with van der Waals surface area (Å²) in [7, 11) is -3.25. The van der Waals surface area contributed by atoms with E-state index in [2.05, 4.69) is 4.72 Å². The van der Waals surface area contributed by atoms with Gasteiger partial charge in [0.2, 0.25) is 0 Å². The summed E-state index contributed by atoms with van der Waals surface area (Å²) in [5, 5.41) is 0. The second-order valence-electron chi connectivity index (χ2n) is 5.58. The molecule has 0 spiro atoms. The van der Waals surface area contributed by atoms with Crippen LogP contribution in [0.4, 0.5) is 5.82 Å². The molecule has 0 unspecified atom stereocenters. The number of rotatable bonds is 3. The fourth-order valence-electron chi connectivity index (χ4n) is 2.49. The summed E-state index contributed by atoms with van der Waals surface area (Å²) in [6.45, 7) is 4.42. The third-order valence-corrected chi connectivity index (χ3v) is 4.69. The van der Waals surface area contributed by atoms with E-state index in [1.54, 1.807) is 0 Å². The van der Waals surface area contributed by atoms with Crippen molar-refractivity contribution in [2.75, 3.05) is 10.5 Å². The molecule has 0 saturated heterocycles. The lowest BCUT2D eigenvalue weighted by Crippen LogP contribution is -2.47. The number of aromatic nitrogens is 1. The quantitative estimate of drug-likeness (QED) is 0.882. The molecule has 1 aromatic carbocycles. The van der Waals surface area contributed by atoms with Crippen molar-refractivity contribution in [3.63, 3.8) is 0 Å². The van der Waals surface area contributed by atoms with Crippen LogP contribution in [0, 0.1) is 0 Å². The minimum Gasteiger partial charge on any atom is -0.491 e. The smallest absolute Gasteiger partial charge is 0.302 e. The predicted octanol–water partition coefficient (Wildman–Crippen LogP) is 2.18. The third kappa shape index (κ3) is 3.06. The molecule has 0 saturated carbocycles. The van der Waals surface area contributed by atoms with Crippen LogP contribution in [0.5, 0.6) is 5.75 Å². The lowest BCUT2D eigenvalue weighted by molar-refractivity contribution is -0.679. The highest BCUT2D eigenvalue weighted by Gasteiger charge is 2.29. The maximum Gasteiger partial charge on any atom is 0.302 e. The Hall–Kier alpha value is -2.08. The Kier molecular flexibility index (Phi) is 3.78. The molecule has 6 heteroatoms. The van der Waals surface area contributed by atoms with Gasteiger partial charge < -0.3 is 4.74 Å². The molecule has 1 aromatic heterocycles. The van der Waals surface area contributed by atoms with Gasteiger partial charge >= 0.3 is 10.0 Å². The summed E-state index contributed by atoms with van der Waals surface area (Å²) in [6.07, 6.45) is 2.01. The molecule has 1 aliphatic heterocycles. The maximum atomic E-state index is 11.8. The van der Waals surface area contributed by atoms with Crippen molar-refractivity contribution in [2.24, 2.45) is 0 Å². The molecule has 1 N–H and O–H groups in total. The Morgan fingerprint density at radius 3 is 2.59 bits per heavy atom. The number of hydrogen-bond donors (Lipinski definition) is 1. The number of anilines is 1. The van der Waals surface area contributed by atoms with E-state index < -0.39 is 10.0 Å². The van der Waals surface area contributed by atoms with E-state index in [0.29, 0.717) is 12.4 Å². The fraction of sp³-hybridized carbons (Fsp3) is 0.312. The first-order chi connectivity index (χ1) is 10.4. The molecule has 5 nitrogen and oxygen atoms in total. The molecular weight excluding hydrogens is 300 g/mol. The van der Waals surface area contributed by atoms with Crippen LogP contribution in [-0.4, -0.2) is 20.3 Å². The highest BCUT2D eigenvalue weighted by Crippen LogP contribution is 2.28. The SMILES string of the molecule is CC(C)Oc1ccc(-c2ccc[n+]3c2NS(=O)(=O)CC3)cc1. The highest BCUT2D eigenvalue weighted by atomic mass is 32.2. The Bertz CT molecular complexity index is 784. The van der Waals surface area contributed by atoms with Crippen molar-refractivity contribution in [1.29, 1.82) is 0 Å². The molecule has 22 heavy (non-hydrogen) atoms. The van der Waals surface area contributed by atoms with Gasteiger partial charge in [-0.25, -0.2) is 4.57 Å². The van der Waals surface area contributed by atoms with E-state index in [-0.39, 0.29) is 11.9 Å². The van der Waals surface area contributed by atoms with Crippen molar-refractivity contribution in [1.82, 2.24) is 0 Å². The number of hydrogen-bond acceptors (Lipinski definition) is 3. The molecule has 0 fully saturated rings. The minimum absolute atomic E-state index is 0.106. The van der Waals surface area contributed by atoms with E-state index in [4.69, 9.17) is 4.74 Å². The maximum absolute atomic E-state index is 11.8. The second kappa shape index (κ2) is 5.61. The average molecular weight is 319 g/mol. The van der Waals surface area contributed by atoms with Crippen molar-refractivity contribution < 1.29 is 17.7 Å². The Labute approximate surface area is 130 Å². The van der Waals surface area contributed by atoms with Gasteiger partial charge in [0.05, 0.1) is 17.9 Å². The van der Waals surface area contributed by atoms with Gasteiger partial charge in [-0.05, 0) is 43.7 Å². The van der Waals surface area contributed by atoms with Crippen LogP contribution in [0.15, 0.2) is 42.6 Å². The number of pyridine rings is 1. The van der Waals surface area contributed by atoms with Crippen LogP contribution in [0.25, 0.3) is 11.1 Å². The number of ether oxygens (including phenoxy) is 1. The Morgan fingerprint density at radius 2 is 1.91 bits per heavy atom. The molecule has 1 aliphatic rings. The molecule has 0 radical (unpaired) electrons. The number of fused-ring (bicyclic) bond motifs is 1. The zero-order valence-electron chi connectivity index (χ0n) is 12.6. The molecule has 0 aliphatic carbocycles. The lowest BCUT2D eigenvalue weighted by atomic mass is 10.1. The normalized spacial score (nSPS) is 16.0. The summed E-state index contributed by atoms with van der Waals surface area (Å²) < 4.78 is 33.9. The predicted molar refractivity (Wildman–Crippen MR) is 85.2 cm³/mol. The van der Waals surface area contributed by atoms with Gasteiger partial charge in [-0.15, -0.1) is 0 Å². The molecular formula is C16H19N2O3S+. The van der Waals surface area contributed by atoms with Crippen LogP contribution in [0.2, 0.25) is 0 Å². The van der Waals surface area contributed by atoms with Crippen LogP contribution in [0.3, 0.4) is 0 Å². The largest absolute Gasteiger partial charge is 0.491 e. The van der Waals surface area contributed by atoms with Gasteiger partial charge in [0.15, 0.2) is 0 Å². The molecule has 2 heterocycles. The van der Waals surface area contributed by atoms with Crippen LogP contribution < -0.4 is 14.0 Å². The number of nitrogens with one attached hydrogen (secondary N) is 1. The zero-order valence-corrected chi connectivity index (χ0v) is 13.4. The van der Waals surface area contributed by atoms with Crippen molar-refractivity contribution in [3.05, 3.63) is 42.6 Å². The molecule has 0 bridgehead atoms. The molecule has 0 amide bonds. The monoisotopic (exact) mass is 319 g/mol. The number of benzene rings is 1. The van der Waals surface area contributed by atoms with Crippen LogP contribution in [0.1, 0.15) is 13.8 Å². The minimum atomic E-state index is -3.25. The second-order valence-corrected chi connectivity index (χ2v) is 7.42. The van der Waals surface area contributed by atoms with Crippen molar-refractivity contribution in [2.45, 2.75) is 26.5 Å². The standard InChI is InChI=1S/C16H18N2O3S/c1-12(2)21-14-7-5-13(6-8-14)15-4-3-9-18-10-11-22(19,20)17-16(15)18/h3-9,12H,10-11H2,1-2H3/p+1. The van der Waals surface area contributed by atoms with Crippen molar-refractivity contribution >= 4 is 15.8 Å². The Morgan fingerprint density at radius 1 is 1.18 bits per heavy atom. The van der Waals surface area contributed by atoms with E-state index in [0.717, 1.165) is 16.9 Å². The topological polar surface area (TPSA) is 59.3 Å². The summed E-state index contributed by atoms with van der Waals surface area (Å²) in [5.74, 6) is 1.53. The average Bonchev–Trinajstić information content (AvgIpc) is 2.46. The van der Waals surface area contributed by atoms with Gasteiger partial charge in [0, 0.05) is 0 Å². The third-order valence-electron chi connectivity index (χ3n) is 3.46. The van der Waals surface area contributed by atoms with E-state index in [1.165, 1.54) is 0 Å². The van der Waals surface area contributed by atoms with Gasteiger partial charge in [-0.2, -0.15) is 13.1 Å². The number of nitrogens with zero attached hydrogens (tertiary/aromatic N) is 1. The van der Waals surface area contributed by atoms with Crippen LogP contribution in [-0.2, 0) is 16.6 Å². The van der Waals surface area contributed by atoms with Crippen molar-refractivity contribution in [3.8, 4) is 16.9 Å². The number of sulfonamides is 1. The molecule has 3 rings (SSSR count). The van der Waals surface area contributed by atoms with Gasteiger partial charge in [-0.3, -0.25) is 0 Å². The van der Waals surface area contributed by atoms with Gasteiger partial charge in [0.25, 0.3) is 5.82 Å². The lowest BCUT2D eigenvalue weighted by Gasteiger charge is -2.16. The molecule has 116 valence electrons. The highest BCUT2D eigenvalue weighted by molar-refractivity contribution is 7.92. The van der Waals surface area contributed by atoms with Crippen LogP contribution >= 0.6 is 0 Å². The fourth-order valence-corrected chi connectivity index (χ4v) is 3.55. The Balaban J connectivity index is 1.99. The molecule has 2 aromatic rings. The number of aryl methyl sites for hydroxylation is 1. The molecule has 0 atom stereocenters. The summed E-state index contributed by atoms with van der Waals surface area (Å²) in [5.41, 5.74) is 1.81. The van der Waals surface area contributed by atoms with E-state index in [1.807, 2.05) is 61.0 Å². The van der Waals surface area contributed by atoms with Gasteiger partial charge in [0.1, 0.15) is 18.0 Å². The van der Waals surface area contributed by atoms with Gasteiger partial charge in [-0.1, -0.05) is 12.1 Å². The summed E-state index contributed by atoms with van der Waals surface area (Å²) >= 11 is 0. The summed E-state index contributed by atoms with van der Waals surface area (Å²) in [6, 6.07) is 11.5. The first-order valence-corrected chi connectivity index (χ1v) is 8.90. The zero-order chi connectivity index (χ0) is 15.7.